The summed E-state index contributed by atoms with van der Waals surface area (Å²) in [5.74, 6) is 2.90. The lowest BCUT2D eigenvalue weighted by atomic mass is 9.53. The molecule has 1 atom stereocenters. The molecule has 0 aromatic heterocycles. The molecule has 1 aromatic carbocycles. The largest absolute Gasteiger partial charge is 0.454 e. The average molecular weight is 397 g/mol. The summed E-state index contributed by atoms with van der Waals surface area (Å²) in [4.78, 5) is 24.9. The van der Waals surface area contributed by atoms with Gasteiger partial charge in [0.2, 0.25) is 6.79 Å². The Morgan fingerprint density at radius 2 is 1.76 bits per heavy atom. The van der Waals surface area contributed by atoms with Crippen LogP contribution in [0.5, 0.6) is 11.5 Å². The van der Waals surface area contributed by atoms with E-state index in [9.17, 15) is 9.59 Å². The van der Waals surface area contributed by atoms with Crippen molar-refractivity contribution in [3.8, 4) is 11.5 Å². The van der Waals surface area contributed by atoms with Gasteiger partial charge < -0.3 is 19.5 Å². The molecule has 1 heterocycles. The van der Waals surface area contributed by atoms with E-state index in [4.69, 9.17) is 14.2 Å². The van der Waals surface area contributed by atoms with Crippen LogP contribution in [0.3, 0.4) is 0 Å². The number of fused-ring (bicyclic) bond motifs is 1. The molecule has 4 bridgehead atoms. The summed E-state index contributed by atoms with van der Waals surface area (Å²) in [5, 5.41) is 3.26. The number of rotatable bonds is 5. The first-order valence-corrected chi connectivity index (χ1v) is 10.6. The van der Waals surface area contributed by atoms with Crippen LogP contribution in [0.1, 0.15) is 51.0 Å². The monoisotopic (exact) mass is 397 g/mol. The summed E-state index contributed by atoms with van der Waals surface area (Å²) in [5.41, 5.74) is 0.728. The number of esters is 1. The highest BCUT2D eigenvalue weighted by Crippen LogP contribution is 2.55. The van der Waals surface area contributed by atoms with Gasteiger partial charge in [-0.05, 0) is 87.0 Å². The molecule has 1 aromatic rings. The molecule has 29 heavy (non-hydrogen) atoms. The molecular formula is C23H27NO5. The molecule has 0 spiro atoms. The van der Waals surface area contributed by atoms with Gasteiger partial charge in [0, 0.05) is 11.6 Å². The van der Waals surface area contributed by atoms with Gasteiger partial charge in [0.1, 0.15) is 0 Å². The highest BCUT2D eigenvalue weighted by molar-refractivity contribution is 5.90. The Hall–Kier alpha value is -2.50. The molecule has 4 fully saturated rings. The van der Waals surface area contributed by atoms with Crippen molar-refractivity contribution in [1.82, 2.24) is 5.32 Å². The van der Waals surface area contributed by atoms with Crippen LogP contribution in [-0.2, 0) is 14.3 Å². The molecule has 6 rings (SSSR count). The third-order valence-electron chi connectivity index (χ3n) is 6.90. The Labute approximate surface area is 170 Å². The van der Waals surface area contributed by atoms with Gasteiger partial charge in [-0.1, -0.05) is 6.07 Å². The van der Waals surface area contributed by atoms with Crippen LogP contribution in [0.4, 0.5) is 0 Å². The van der Waals surface area contributed by atoms with Gasteiger partial charge in [0.25, 0.3) is 5.91 Å². The molecule has 0 radical (unpaired) electrons. The van der Waals surface area contributed by atoms with Crippen LogP contribution in [0.25, 0.3) is 6.08 Å². The lowest BCUT2D eigenvalue weighted by molar-refractivity contribution is -0.152. The zero-order chi connectivity index (χ0) is 20.0. The van der Waals surface area contributed by atoms with Crippen molar-refractivity contribution in [1.29, 1.82) is 0 Å². The fourth-order valence-electron chi connectivity index (χ4n) is 6.07. The lowest BCUT2D eigenvalue weighted by Crippen LogP contribution is -2.61. The van der Waals surface area contributed by atoms with Crippen LogP contribution in [0.15, 0.2) is 24.3 Å². The number of benzene rings is 1. The zero-order valence-corrected chi connectivity index (χ0v) is 16.7. The van der Waals surface area contributed by atoms with Gasteiger partial charge in [0.05, 0.1) is 0 Å². The Kier molecular flexibility index (Phi) is 4.52. The molecule has 1 N–H and O–H groups in total. The third kappa shape index (κ3) is 3.72. The maximum Gasteiger partial charge on any atom is 0.331 e. The van der Waals surface area contributed by atoms with E-state index in [0.29, 0.717) is 11.5 Å². The first-order chi connectivity index (χ1) is 14.0. The van der Waals surface area contributed by atoms with Crippen molar-refractivity contribution in [2.24, 2.45) is 17.8 Å². The van der Waals surface area contributed by atoms with Gasteiger partial charge in [-0.15, -0.1) is 0 Å². The molecule has 5 aliphatic rings. The molecule has 1 aliphatic heterocycles. The van der Waals surface area contributed by atoms with E-state index in [1.807, 2.05) is 6.07 Å². The van der Waals surface area contributed by atoms with Crippen LogP contribution < -0.4 is 14.8 Å². The van der Waals surface area contributed by atoms with Gasteiger partial charge in [-0.25, -0.2) is 4.79 Å². The van der Waals surface area contributed by atoms with Crippen molar-refractivity contribution in [2.75, 3.05) is 6.79 Å². The number of amides is 1. The quantitative estimate of drug-likeness (QED) is 0.609. The SMILES string of the molecule is C[C@@H](OC(=O)/C=C/c1ccc2c(c1)OCO2)C(=O)NC12CC3CC(CC(C3)C1)C2. The minimum absolute atomic E-state index is 0.0746. The maximum atomic E-state index is 12.7. The smallest absolute Gasteiger partial charge is 0.331 e. The number of ether oxygens (including phenoxy) is 3. The summed E-state index contributed by atoms with van der Waals surface area (Å²) >= 11 is 0. The molecule has 6 heteroatoms. The van der Waals surface area contributed by atoms with E-state index in [1.165, 1.54) is 25.3 Å². The summed E-state index contributed by atoms with van der Waals surface area (Å²) in [7, 11) is 0. The van der Waals surface area contributed by atoms with Gasteiger partial charge >= 0.3 is 5.97 Å². The van der Waals surface area contributed by atoms with Gasteiger partial charge in [-0.2, -0.15) is 0 Å². The molecule has 154 valence electrons. The fraction of sp³-hybridized carbons (Fsp3) is 0.565. The second kappa shape index (κ2) is 7.08. The second-order valence-electron chi connectivity index (χ2n) is 9.21. The fourth-order valence-corrected chi connectivity index (χ4v) is 6.07. The Balaban J connectivity index is 1.16. The minimum atomic E-state index is -0.808. The lowest BCUT2D eigenvalue weighted by Gasteiger charge is -2.57. The number of hydrogen-bond acceptors (Lipinski definition) is 5. The molecule has 1 amide bonds. The van der Waals surface area contributed by atoms with E-state index in [2.05, 4.69) is 5.32 Å². The van der Waals surface area contributed by atoms with Crippen LogP contribution in [0.2, 0.25) is 0 Å². The predicted molar refractivity (Wildman–Crippen MR) is 106 cm³/mol. The first-order valence-electron chi connectivity index (χ1n) is 10.6. The van der Waals surface area contributed by atoms with E-state index in [0.717, 1.165) is 42.6 Å². The minimum Gasteiger partial charge on any atom is -0.454 e. The van der Waals surface area contributed by atoms with Gasteiger partial charge in [0.15, 0.2) is 17.6 Å². The number of nitrogens with one attached hydrogen (secondary N) is 1. The van der Waals surface area contributed by atoms with E-state index in [-0.39, 0.29) is 18.2 Å². The van der Waals surface area contributed by atoms with Crippen molar-refractivity contribution in [3.05, 3.63) is 29.8 Å². The third-order valence-corrected chi connectivity index (χ3v) is 6.90. The van der Waals surface area contributed by atoms with E-state index in [1.54, 1.807) is 25.1 Å². The number of hydrogen-bond donors (Lipinski definition) is 1. The molecule has 4 saturated carbocycles. The maximum absolute atomic E-state index is 12.7. The summed E-state index contributed by atoms with van der Waals surface area (Å²) in [6.07, 6.45) is 9.39. The van der Waals surface area contributed by atoms with Crippen molar-refractivity contribution >= 4 is 18.0 Å². The van der Waals surface area contributed by atoms with Gasteiger partial charge in [-0.3, -0.25) is 4.79 Å². The summed E-state index contributed by atoms with van der Waals surface area (Å²) in [6.45, 7) is 1.85. The average Bonchev–Trinajstić information content (AvgIpc) is 3.12. The molecule has 6 nitrogen and oxygen atoms in total. The van der Waals surface area contributed by atoms with Crippen LogP contribution >= 0.6 is 0 Å². The number of carbonyl (C=O) groups is 2. The van der Waals surface area contributed by atoms with E-state index < -0.39 is 12.1 Å². The Morgan fingerprint density at radius 1 is 1.10 bits per heavy atom. The van der Waals surface area contributed by atoms with Crippen molar-refractivity contribution in [3.63, 3.8) is 0 Å². The summed E-state index contributed by atoms with van der Waals surface area (Å²) < 4.78 is 16.0. The number of carbonyl (C=O) groups excluding carboxylic acids is 2. The Morgan fingerprint density at radius 3 is 2.45 bits per heavy atom. The topological polar surface area (TPSA) is 73.9 Å². The Bertz CT molecular complexity index is 826. The highest BCUT2D eigenvalue weighted by atomic mass is 16.7. The van der Waals surface area contributed by atoms with Crippen LogP contribution in [0, 0.1) is 17.8 Å². The normalized spacial score (nSPS) is 32.4. The molecular weight excluding hydrogens is 370 g/mol. The molecule has 4 aliphatic carbocycles. The second-order valence-corrected chi connectivity index (χ2v) is 9.21. The van der Waals surface area contributed by atoms with Crippen molar-refractivity contribution < 1.29 is 23.8 Å². The molecule has 0 saturated heterocycles. The van der Waals surface area contributed by atoms with Crippen molar-refractivity contribution in [2.45, 2.75) is 57.1 Å². The standard InChI is InChI=1S/C23H27NO5/c1-14(22(26)24-23-10-16-6-17(11-23)8-18(7-16)12-23)29-21(25)5-3-15-2-4-19-20(9-15)28-13-27-19/h2-5,9,14,16-18H,6-8,10-13H2,1H3,(H,24,26)/b5-3+/t14-,16?,17?,18?,23?/m1/s1. The zero-order valence-electron chi connectivity index (χ0n) is 16.7. The highest BCUT2D eigenvalue weighted by Gasteiger charge is 2.51. The summed E-state index contributed by atoms with van der Waals surface area (Å²) in [6, 6.07) is 5.44. The van der Waals surface area contributed by atoms with Crippen LogP contribution in [-0.4, -0.2) is 30.3 Å². The first kappa shape index (κ1) is 18.5. The van der Waals surface area contributed by atoms with E-state index >= 15 is 0 Å². The molecule has 0 unspecified atom stereocenters. The predicted octanol–water partition coefficient (Wildman–Crippen LogP) is 3.45.